The molecule has 0 spiro atoms. The van der Waals surface area contributed by atoms with Gasteiger partial charge < -0.3 is 9.80 Å². The van der Waals surface area contributed by atoms with Crippen LogP contribution in [-0.4, -0.2) is 53.2 Å². The van der Waals surface area contributed by atoms with Gasteiger partial charge in [-0.25, -0.2) is 9.40 Å². The van der Waals surface area contributed by atoms with Crippen LogP contribution in [0.1, 0.15) is 19.4 Å². The minimum atomic E-state index is 0.264. The Morgan fingerprint density at radius 3 is 2.60 bits per heavy atom. The topological polar surface area (TPSA) is 35.5 Å². The Morgan fingerprint density at radius 2 is 1.88 bits per heavy atom. The lowest BCUT2D eigenvalue weighted by Gasteiger charge is -2.39. The van der Waals surface area contributed by atoms with Gasteiger partial charge in [0.25, 0.3) is 0 Å². The molecule has 6 heteroatoms. The summed E-state index contributed by atoms with van der Waals surface area (Å²) < 4.78 is 1.87. The molecule has 134 valence electrons. The molecule has 1 aromatic carbocycles. The van der Waals surface area contributed by atoms with E-state index >= 15 is 0 Å². The molecule has 25 heavy (non-hydrogen) atoms. The van der Waals surface area contributed by atoms with E-state index in [0.29, 0.717) is 0 Å². The molecule has 0 amide bonds. The normalized spacial score (nSPS) is 18.4. The molecule has 0 aliphatic carbocycles. The van der Waals surface area contributed by atoms with Crippen molar-refractivity contribution in [2.75, 3.05) is 42.5 Å². The second-order valence-corrected chi connectivity index (χ2v) is 6.77. The predicted octanol–water partition coefficient (Wildman–Crippen LogP) is 3.21. The summed E-state index contributed by atoms with van der Waals surface area (Å²) in [5.74, 6) is 1.79. The molecule has 1 unspecified atom stereocenters. The van der Waals surface area contributed by atoms with Gasteiger partial charge in [-0.2, -0.15) is 4.98 Å². The third-order valence-electron chi connectivity index (χ3n) is 4.72. The van der Waals surface area contributed by atoms with E-state index in [1.54, 1.807) is 0 Å². The summed E-state index contributed by atoms with van der Waals surface area (Å²) in [7, 11) is 0. The summed E-state index contributed by atoms with van der Waals surface area (Å²) in [6.07, 6.45) is 2.80. The molecule has 0 bridgehead atoms. The monoisotopic (exact) mass is 359 g/mol. The van der Waals surface area contributed by atoms with Gasteiger partial charge in [0.1, 0.15) is 5.82 Å². The average molecular weight is 360 g/mol. The molecule has 2 aromatic rings. The predicted molar refractivity (Wildman–Crippen MR) is 104 cm³/mol. The van der Waals surface area contributed by atoms with Crippen molar-refractivity contribution in [2.24, 2.45) is 0 Å². The van der Waals surface area contributed by atoms with Crippen molar-refractivity contribution in [3.8, 4) is 0 Å². The van der Waals surface area contributed by atoms with E-state index in [4.69, 9.17) is 16.8 Å². The summed E-state index contributed by atoms with van der Waals surface area (Å²) in [5, 5.41) is 0. The molecular weight excluding hydrogens is 334 g/mol. The molecule has 0 saturated carbocycles. The van der Waals surface area contributed by atoms with Crippen LogP contribution in [0.2, 0.25) is 0 Å². The first-order chi connectivity index (χ1) is 12.2. The van der Waals surface area contributed by atoms with Crippen molar-refractivity contribution < 1.29 is 0 Å². The van der Waals surface area contributed by atoms with E-state index in [0.717, 1.165) is 50.9 Å². The van der Waals surface area contributed by atoms with Crippen LogP contribution in [0.3, 0.4) is 0 Å². The van der Waals surface area contributed by atoms with Crippen LogP contribution >= 0.6 is 11.8 Å². The zero-order valence-electron chi connectivity index (χ0n) is 15.0. The van der Waals surface area contributed by atoms with E-state index < -0.39 is 0 Å². The minimum Gasteiger partial charge on any atom is -0.357 e. The van der Waals surface area contributed by atoms with Gasteiger partial charge in [0.2, 0.25) is 5.95 Å². The smallest absolute Gasteiger partial charge is 0.227 e. The molecule has 1 fully saturated rings. The van der Waals surface area contributed by atoms with Crippen molar-refractivity contribution in [1.29, 1.82) is 0 Å². The number of anilines is 2. The Morgan fingerprint density at radius 1 is 1.12 bits per heavy atom. The third kappa shape index (κ3) is 4.41. The molecule has 1 aromatic heterocycles. The van der Waals surface area contributed by atoms with Gasteiger partial charge in [0, 0.05) is 45.0 Å². The fourth-order valence-electron chi connectivity index (χ4n) is 3.34. The van der Waals surface area contributed by atoms with Crippen LogP contribution in [0.5, 0.6) is 0 Å². The van der Waals surface area contributed by atoms with Gasteiger partial charge in [0.05, 0.1) is 0 Å². The molecule has 5 nitrogen and oxygen atoms in total. The molecule has 3 rings (SSSR count). The maximum absolute atomic E-state index is 6.31. The molecule has 1 saturated heterocycles. The highest BCUT2D eigenvalue weighted by atomic mass is 35.5. The lowest BCUT2D eigenvalue weighted by atomic mass is 10.0. The number of aromatic nitrogens is 2. The van der Waals surface area contributed by atoms with E-state index in [2.05, 4.69) is 52.9 Å². The summed E-state index contributed by atoms with van der Waals surface area (Å²) in [4.78, 5) is 13.9. The van der Waals surface area contributed by atoms with Crippen LogP contribution in [0.4, 0.5) is 11.8 Å². The van der Waals surface area contributed by atoms with Crippen LogP contribution in [0.15, 0.2) is 42.6 Å². The summed E-state index contributed by atoms with van der Waals surface area (Å²) >= 11 is 6.31. The average Bonchev–Trinajstić information content (AvgIpc) is 2.64. The highest BCUT2D eigenvalue weighted by molar-refractivity contribution is 6.13. The molecule has 1 aliphatic rings. The molecule has 1 aliphatic heterocycles. The van der Waals surface area contributed by atoms with Crippen molar-refractivity contribution in [2.45, 2.75) is 26.3 Å². The summed E-state index contributed by atoms with van der Waals surface area (Å²) in [5.41, 5.74) is 1.31. The number of nitrogens with zero attached hydrogens (tertiary/aromatic N) is 5. The van der Waals surface area contributed by atoms with Gasteiger partial charge in [0.15, 0.2) is 0 Å². The van der Waals surface area contributed by atoms with Crippen molar-refractivity contribution in [3.05, 3.63) is 48.2 Å². The number of hydrogen-bond donors (Lipinski definition) is 0. The first-order valence-corrected chi connectivity index (χ1v) is 9.34. The quantitative estimate of drug-likeness (QED) is 0.740. The van der Waals surface area contributed by atoms with Crippen LogP contribution in [0, 0.1) is 0 Å². The fraction of sp³-hybridized carbons (Fsp3) is 0.474. The number of benzene rings is 1. The van der Waals surface area contributed by atoms with Gasteiger partial charge in [-0.05, 0) is 43.7 Å². The van der Waals surface area contributed by atoms with E-state index in [1.807, 2.05) is 22.7 Å². The number of piperazine rings is 1. The molecular formula is C19H26ClN5. The maximum Gasteiger partial charge on any atom is 0.227 e. The highest BCUT2D eigenvalue weighted by Crippen LogP contribution is 2.22. The van der Waals surface area contributed by atoms with Gasteiger partial charge >= 0.3 is 0 Å². The molecule has 1 atom stereocenters. The molecule has 0 N–H and O–H groups in total. The second kappa shape index (κ2) is 8.50. The number of halogens is 1. The van der Waals surface area contributed by atoms with Crippen LogP contribution in [0.25, 0.3) is 0 Å². The van der Waals surface area contributed by atoms with Crippen LogP contribution in [-0.2, 0) is 6.42 Å². The Balaban J connectivity index is 1.84. The van der Waals surface area contributed by atoms with Crippen LogP contribution < -0.4 is 9.80 Å². The first kappa shape index (κ1) is 18.0. The van der Waals surface area contributed by atoms with Crippen molar-refractivity contribution in [3.63, 3.8) is 0 Å². The van der Waals surface area contributed by atoms with Gasteiger partial charge in [-0.3, -0.25) is 0 Å². The highest BCUT2D eigenvalue weighted by Gasteiger charge is 2.28. The van der Waals surface area contributed by atoms with E-state index in [9.17, 15) is 0 Å². The number of rotatable bonds is 6. The zero-order valence-corrected chi connectivity index (χ0v) is 15.7. The molecule has 2 heterocycles. The van der Waals surface area contributed by atoms with Gasteiger partial charge in [-0.1, -0.05) is 30.3 Å². The summed E-state index contributed by atoms with van der Waals surface area (Å²) in [6, 6.07) is 12.8. The minimum absolute atomic E-state index is 0.264. The maximum atomic E-state index is 6.31. The first-order valence-electron chi connectivity index (χ1n) is 9.00. The standard InChI is InChI=1S/C19H26ClN5/c1-3-23(4-2)18-10-11-21-19(22-18)25-13-12-24(20)15-17(25)14-16-8-6-5-7-9-16/h5-11,17H,3-4,12-15H2,1-2H3. The van der Waals surface area contributed by atoms with Gasteiger partial charge in [-0.15, -0.1) is 0 Å². The van der Waals surface area contributed by atoms with Crippen molar-refractivity contribution >= 4 is 23.5 Å². The third-order valence-corrected chi connectivity index (χ3v) is 5.03. The Bertz CT molecular complexity index is 662. The Labute approximate surface area is 155 Å². The fourth-order valence-corrected chi connectivity index (χ4v) is 3.58. The SMILES string of the molecule is CCN(CC)c1ccnc(N2CCN(Cl)CC2Cc2ccccc2)n1. The lowest BCUT2D eigenvalue weighted by Crippen LogP contribution is -2.52. The molecule has 0 radical (unpaired) electrons. The largest absolute Gasteiger partial charge is 0.357 e. The van der Waals surface area contributed by atoms with E-state index in [1.165, 1.54) is 5.56 Å². The lowest BCUT2D eigenvalue weighted by molar-refractivity contribution is 0.345. The second-order valence-electron chi connectivity index (χ2n) is 6.29. The van der Waals surface area contributed by atoms with E-state index in [-0.39, 0.29) is 6.04 Å². The Hall–Kier alpha value is -1.85. The Kier molecular flexibility index (Phi) is 6.10. The number of hydrogen-bond acceptors (Lipinski definition) is 5. The summed E-state index contributed by atoms with van der Waals surface area (Å²) in [6.45, 7) is 8.63. The van der Waals surface area contributed by atoms with Crippen molar-refractivity contribution in [1.82, 2.24) is 14.4 Å². The zero-order chi connectivity index (χ0) is 17.6.